The molecular weight excluding hydrogens is 492 g/mol. The average Bonchev–Trinajstić information content (AvgIpc) is 2.69. The molecule has 0 bridgehead atoms. The van der Waals surface area contributed by atoms with Crippen LogP contribution in [0.4, 0.5) is 0 Å². The monoisotopic (exact) mass is 512 g/mol. The van der Waals surface area contributed by atoms with Gasteiger partial charge in [-0.15, -0.1) is 0 Å². The van der Waals surface area contributed by atoms with Crippen molar-refractivity contribution < 1.29 is 4.79 Å². The van der Waals surface area contributed by atoms with Crippen molar-refractivity contribution in [3.63, 3.8) is 0 Å². The molecule has 2 rings (SSSR count). The minimum Gasteiger partial charge on any atom is -0.333 e. The van der Waals surface area contributed by atoms with Crippen LogP contribution in [0.2, 0.25) is 0 Å². The van der Waals surface area contributed by atoms with Crippen LogP contribution < -0.4 is 0 Å². The third kappa shape index (κ3) is 3.55. The second-order valence-electron chi connectivity index (χ2n) is 7.42. The number of carbonyl (C=O) groups excluding carboxylic acids is 1. The highest BCUT2D eigenvalue weighted by Crippen LogP contribution is 2.35. The van der Waals surface area contributed by atoms with Gasteiger partial charge in [-0.3, -0.25) is 9.69 Å². The molecule has 1 saturated heterocycles. The maximum atomic E-state index is 13.2. The van der Waals surface area contributed by atoms with E-state index in [-0.39, 0.29) is 23.0 Å². The number of carbonyl (C=O) groups is 1. The largest absolute Gasteiger partial charge is 0.333 e. The van der Waals surface area contributed by atoms with Gasteiger partial charge >= 0.3 is 0 Å². The van der Waals surface area contributed by atoms with E-state index in [9.17, 15) is 4.79 Å². The Hall–Kier alpha value is 0.0800. The van der Waals surface area contributed by atoms with Gasteiger partial charge in [0.25, 0.3) is 0 Å². The Balaban J connectivity index is 2.32. The van der Waals surface area contributed by atoms with Crippen LogP contribution in [-0.4, -0.2) is 56.7 Å². The molecule has 1 fully saturated rings. The summed E-state index contributed by atoms with van der Waals surface area (Å²) >= 11 is 10.3. The second-order valence-corrected chi connectivity index (χ2v) is 9.72. The minimum atomic E-state index is -0.384. The molecule has 2 heterocycles. The van der Waals surface area contributed by atoms with Crippen molar-refractivity contribution in [3.05, 3.63) is 13.7 Å². The van der Waals surface area contributed by atoms with Gasteiger partial charge in [-0.05, 0) is 89.5 Å². The molecule has 1 amide bonds. The Morgan fingerprint density at radius 3 is 2.17 bits per heavy atom. The predicted molar refractivity (Wildman–Crippen MR) is 103 cm³/mol. The summed E-state index contributed by atoms with van der Waals surface area (Å²) in [5.74, 6) is 0.0828. The van der Waals surface area contributed by atoms with E-state index < -0.39 is 0 Å². The van der Waals surface area contributed by atoms with Crippen molar-refractivity contribution in [1.82, 2.24) is 19.6 Å². The van der Waals surface area contributed by atoms with Crippen molar-refractivity contribution in [1.29, 1.82) is 0 Å². The van der Waals surface area contributed by atoms with Gasteiger partial charge in [-0.1, -0.05) is 0 Å². The lowest BCUT2D eigenvalue weighted by Crippen LogP contribution is -2.68. The third-order valence-corrected chi connectivity index (χ3v) is 7.81. The van der Waals surface area contributed by atoms with Gasteiger partial charge in [0.2, 0.25) is 5.91 Å². The highest BCUT2D eigenvalue weighted by molar-refractivity contribution is 9.14. The zero-order chi connectivity index (χ0) is 17.7. The van der Waals surface area contributed by atoms with E-state index in [1.54, 1.807) is 4.68 Å². The van der Waals surface area contributed by atoms with Crippen LogP contribution in [0.25, 0.3) is 0 Å². The van der Waals surface area contributed by atoms with Crippen LogP contribution in [0, 0.1) is 0 Å². The summed E-state index contributed by atoms with van der Waals surface area (Å²) in [5.41, 5.74) is -0.267. The SMILES string of the molecule is CC(C(=O)N1CC(C)(C)N(C)CC1(C)C)n1nc(Br)c(Br)c1Br. The molecule has 5 nitrogen and oxygen atoms in total. The van der Waals surface area contributed by atoms with E-state index in [1.165, 1.54) is 0 Å². The van der Waals surface area contributed by atoms with Gasteiger partial charge in [-0.25, -0.2) is 4.68 Å². The molecule has 0 aromatic carbocycles. The van der Waals surface area contributed by atoms with Gasteiger partial charge in [-0.2, -0.15) is 5.10 Å². The third-order valence-electron chi connectivity index (χ3n) is 4.68. The fourth-order valence-corrected chi connectivity index (χ4v) is 4.39. The quantitative estimate of drug-likeness (QED) is 0.597. The number of amides is 1. The van der Waals surface area contributed by atoms with Crippen LogP contribution in [-0.2, 0) is 4.79 Å². The van der Waals surface area contributed by atoms with Crippen molar-refractivity contribution in [2.75, 3.05) is 20.1 Å². The maximum Gasteiger partial charge on any atom is 0.247 e. The highest BCUT2D eigenvalue weighted by Gasteiger charge is 2.45. The molecule has 1 unspecified atom stereocenters. The first-order valence-electron chi connectivity index (χ1n) is 7.50. The molecule has 1 atom stereocenters. The lowest BCUT2D eigenvalue weighted by atomic mass is 9.89. The Morgan fingerprint density at radius 1 is 1.13 bits per heavy atom. The summed E-state index contributed by atoms with van der Waals surface area (Å²) in [6, 6.07) is -0.384. The van der Waals surface area contributed by atoms with E-state index >= 15 is 0 Å². The number of nitrogens with zero attached hydrogens (tertiary/aromatic N) is 4. The molecule has 0 saturated carbocycles. The fraction of sp³-hybridized carbons (Fsp3) is 0.733. The smallest absolute Gasteiger partial charge is 0.247 e. The summed E-state index contributed by atoms with van der Waals surface area (Å²) in [6.45, 7) is 12.0. The van der Waals surface area contributed by atoms with Crippen LogP contribution >= 0.6 is 47.8 Å². The summed E-state index contributed by atoms with van der Waals surface area (Å²) in [7, 11) is 2.12. The van der Waals surface area contributed by atoms with Crippen LogP contribution in [0.3, 0.4) is 0 Å². The molecule has 0 spiro atoms. The molecule has 0 N–H and O–H groups in total. The molecule has 0 radical (unpaired) electrons. The van der Waals surface area contributed by atoms with Gasteiger partial charge in [0.15, 0.2) is 0 Å². The number of rotatable bonds is 2. The Bertz CT molecular complexity index is 626. The van der Waals surface area contributed by atoms with Crippen LogP contribution in [0.15, 0.2) is 13.7 Å². The topological polar surface area (TPSA) is 41.4 Å². The fourth-order valence-electron chi connectivity index (χ4n) is 2.93. The maximum absolute atomic E-state index is 13.2. The standard InChI is InChI=1S/C15H23Br3N4O/c1-9(22-12(18)10(16)11(17)19-22)13(23)21-8-14(2,3)20(6)7-15(21,4)5/h9H,7-8H2,1-6H3. The van der Waals surface area contributed by atoms with E-state index in [0.717, 1.165) is 15.6 Å². The van der Waals surface area contributed by atoms with Gasteiger partial charge in [0.1, 0.15) is 15.2 Å². The molecule has 1 aliphatic heterocycles. The number of halogens is 3. The normalized spacial score (nSPS) is 22.2. The van der Waals surface area contributed by atoms with Crippen molar-refractivity contribution in [3.8, 4) is 0 Å². The summed E-state index contributed by atoms with van der Waals surface area (Å²) < 4.78 is 3.96. The number of piperazine rings is 1. The summed E-state index contributed by atoms with van der Waals surface area (Å²) in [6.07, 6.45) is 0. The van der Waals surface area contributed by atoms with E-state index in [0.29, 0.717) is 11.1 Å². The molecule has 1 aromatic rings. The lowest BCUT2D eigenvalue weighted by molar-refractivity contribution is -0.149. The van der Waals surface area contributed by atoms with Crippen LogP contribution in [0.1, 0.15) is 40.7 Å². The van der Waals surface area contributed by atoms with Gasteiger partial charge in [0.05, 0.1) is 10.0 Å². The highest BCUT2D eigenvalue weighted by atomic mass is 79.9. The zero-order valence-corrected chi connectivity index (χ0v) is 19.1. The zero-order valence-electron chi connectivity index (χ0n) is 14.3. The number of hydrogen-bond donors (Lipinski definition) is 0. The molecule has 1 aromatic heterocycles. The van der Waals surface area contributed by atoms with Crippen molar-refractivity contribution in [2.45, 2.75) is 51.7 Å². The lowest BCUT2D eigenvalue weighted by Gasteiger charge is -2.54. The molecule has 0 aliphatic carbocycles. The summed E-state index contributed by atoms with van der Waals surface area (Å²) in [4.78, 5) is 17.5. The van der Waals surface area contributed by atoms with E-state index in [2.05, 4.69) is 92.5 Å². The summed E-state index contributed by atoms with van der Waals surface area (Å²) in [5, 5.41) is 4.41. The van der Waals surface area contributed by atoms with Crippen LogP contribution in [0.5, 0.6) is 0 Å². The van der Waals surface area contributed by atoms with E-state index in [4.69, 9.17) is 0 Å². The van der Waals surface area contributed by atoms with Gasteiger partial charge < -0.3 is 4.90 Å². The molecule has 130 valence electrons. The molecule has 1 aliphatic rings. The number of aromatic nitrogens is 2. The molecular formula is C15H23Br3N4O. The first-order valence-corrected chi connectivity index (χ1v) is 9.88. The Kier molecular flexibility index (Phi) is 5.42. The Morgan fingerprint density at radius 2 is 1.70 bits per heavy atom. The number of hydrogen-bond acceptors (Lipinski definition) is 3. The number of likely N-dealkylation sites (N-methyl/N-ethyl adjacent to an activating group) is 1. The first kappa shape index (κ1) is 19.4. The first-order chi connectivity index (χ1) is 10.4. The minimum absolute atomic E-state index is 0.0482. The van der Waals surface area contributed by atoms with Crippen molar-refractivity contribution in [2.24, 2.45) is 0 Å². The predicted octanol–water partition coefficient (Wildman–Crippen LogP) is 4.06. The molecule has 23 heavy (non-hydrogen) atoms. The second kappa shape index (κ2) is 6.42. The van der Waals surface area contributed by atoms with Crippen molar-refractivity contribution >= 4 is 53.7 Å². The van der Waals surface area contributed by atoms with Gasteiger partial charge in [0, 0.05) is 18.6 Å². The van der Waals surface area contributed by atoms with E-state index in [1.807, 2.05) is 11.8 Å². The Labute approximate surface area is 163 Å². The molecule has 8 heteroatoms. The average molecular weight is 515 g/mol.